The molecule has 0 aliphatic heterocycles. The van der Waals surface area contributed by atoms with Crippen LogP contribution < -0.4 is 15.8 Å². The van der Waals surface area contributed by atoms with Crippen molar-refractivity contribution in [1.82, 2.24) is 10.0 Å². The van der Waals surface area contributed by atoms with Crippen molar-refractivity contribution in [2.45, 2.75) is 30.8 Å². The smallest absolute Gasteiger partial charge is 0.244 e. The molecule has 8 heteroatoms. The van der Waals surface area contributed by atoms with Gasteiger partial charge in [0.05, 0.1) is 0 Å². The Bertz CT molecular complexity index is 873. The molecule has 0 aliphatic carbocycles. The molecule has 0 saturated heterocycles. The van der Waals surface area contributed by atoms with Gasteiger partial charge in [-0.3, -0.25) is 4.79 Å². The third-order valence-electron chi connectivity index (χ3n) is 4.08. The standard InChI is InChI=1S/C19H24FN3O3S/c1-13(2)18(23-27(25,26)17-11-7-6-10-15(17)20)19(24)22-12-16(21)14-8-4-3-5-9-14/h3-11,13,16,18,23H,12,21H2,1-2H3,(H,22,24). The third kappa shape index (κ3) is 5.59. The van der Waals surface area contributed by atoms with Gasteiger partial charge in [0, 0.05) is 12.6 Å². The summed E-state index contributed by atoms with van der Waals surface area (Å²) in [4.78, 5) is 12.0. The Morgan fingerprint density at radius 3 is 2.26 bits per heavy atom. The summed E-state index contributed by atoms with van der Waals surface area (Å²) in [5.74, 6) is -1.74. The molecule has 0 spiro atoms. The molecule has 2 unspecified atom stereocenters. The van der Waals surface area contributed by atoms with Crippen molar-refractivity contribution < 1.29 is 17.6 Å². The number of rotatable bonds is 8. The van der Waals surface area contributed by atoms with E-state index in [1.165, 1.54) is 12.1 Å². The number of halogens is 1. The molecular formula is C19H24FN3O3S. The molecule has 0 radical (unpaired) electrons. The van der Waals surface area contributed by atoms with E-state index in [2.05, 4.69) is 10.0 Å². The van der Waals surface area contributed by atoms with E-state index in [1.54, 1.807) is 13.8 Å². The van der Waals surface area contributed by atoms with Crippen molar-refractivity contribution in [3.05, 3.63) is 66.0 Å². The van der Waals surface area contributed by atoms with Crippen LogP contribution in [0.25, 0.3) is 0 Å². The second kappa shape index (κ2) is 9.07. The lowest BCUT2D eigenvalue weighted by Crippen LogP contribution is -2.50. The lowest BCUT2D eigenvalue weighted by atomic mass is 10.0. The number of nitrogens with two attached hydrogens (primary N) is 1. The van der Waals surface area contributed by atoms with Gasteiger partial charge < -0.3 is 11.1 Å². The summed E-state index contributed by atoms with van der Waals surface area (Å²) >= 11 is 0. The van der Waals surface area contributed by atoms with Crippen LogP contribution in [0.4, 0.5) is 4.39 Å². The van der Waals surface area contributed by atoms with E-state index < -0.39 is 38.7 Å². The minimum Gasteiger partial charge on any atom is -0.353 e. The van der Waals surface area contributed by atoms with Crippen molar-refractivity contribution in [3.63, 3.8) is 0 Å². The molecule has 0 aromatic heterocycles. The van der Waals surface area contributed by atoms with Gasteiger partial charge in [-0.2, -0.15) is 4.72 Å². The van der Waals surface area contributed by atoms with Gasteiger partial charge in [-0.25, -0.2) is 12.8 Å². The number of carbonyl (C=O) groups is 1. The first-order valence-electron chi connectivity index (χ1n) is 8.57. The number of amides is 1. The molecule has 2 rings (SSSR count). The Balaban J connectivity index is 2.08. The van der Waals surface area contributed by atoms with Gasteiger partial charge in [0.2, 0.25) is 15.9 Å². The highest BCUT2D eigenvalue weighted by molar-refractivity contribution is 7.89. The Morgan fingerprint density at radius 2 is 1.67 bits per heavy atom. The van der Waals surface area contributed by atoms with Crippen LogP contribution in [0.1, 0.15) is 25.5 Å². The number of hydrogen-bond donors (Lipinski definition) is 3. The summed E-state index contributed by atoms with van der Waals surface area (Å²) in [5.41, 5.74) is 6.91. The first-order chi connectivity index (χ1) is 12.7. The summed E-state index contributed by atoms with van der Waals surface area (Å²) in [7, 11) is -4.19. The van der Waals surface area contributed by atoms with E-state index in [0.29, 0.717) is 0 Å². The Morgan fingerprint density at radius 1 is 1.07 bits per heavy atom. The number of sulfonamides is 1. The van der Waals surface area contributed by atoms with Gasteiger partial charge in [0.25, 0.3) is 0 Å². The van der Waals surface area contributed by atoms with Crippen LogP contribution in [0.3, 0.4) is 0 Å². The monoisotopic (exact) mass is 393 g/mol. The maximum Gasteiger partial charge on any atom is 0.244 e. The molecule has 0 aliphatic rings. The van der Waals surface area contributed by atoms with E-state index in [9.17, 15) is 17.6 Å². The zero-order valence-corrected chi connectivity index (χ0v) is 16.0. The number of carbonyl (C=O) groups excluding carboxylic acids is 1. The van der Waals surface area contributed by atoms with Crippen LogP contribution in [-0.4, -0.2) is 26.9 Å². The molecule has 2 aromatic carbocycles. The van der Waals surface area contributed by atoms with Crippen molar-refractivity contribution in [2.24, 2.45) is 11.7 Å². The van der Waals surface area contributed by atoms with Crippen LogP contribution >= 0.6 is 0 Å². The van der Waals surface area contributed by atoms with Crippen LogP contribution in [-0.2, 0) is 14.8 Å². The lowest BCUT2D eigenvalue weighted by Gasteiger charge is -2.23. The minimum absolute atomic E-state index is 0.146. The molecule has 4 N–H and O–H groups in total. The van der Waals surface area contributed by atoms with E-state index in [0.717, 1.165) is 17.7 Å². The Hall–Kier alpha value is -2.29. The van der Waals surface area contributed by atoms with Gasteiger partial charge in [-0.15, -0.1) is 0 Å². The molecule has 2 atom stereocenters. The molecule has 27 heavy (non-hydrogen) atoms. The first-order valence-corrected chi connectivity index (χ1v) is 10.1. The maximum atomic E-state index is 13.8. The summed E-state index contributed by atoms with van der Waals surface area (Å²) in [6.45, 7) is 3.55. The van der Waals surface area contributed by atoms with E-state index in [-0.39, 0.29) is 12.5 Å². The Labute approximate surface area is 159 Å². The lowest BCUT2D eigenvalue weighted by molar-refractivity contribution is -0.123. The van der Waals surface area contributed by atoms with E-state index >= 15 is 0 Å². The van der Waals surface area contributed by atoms with E-state index in [1.807, 2.05) is 30.3 Å². The van der Waals surface area contributed by atoms with Crippen LogP contribution in [0.15, 0.2) is 59.5 Å². The summed E-state index contributed by atoms with van der Waals surface area (Å²) in [6, 6.07) is 12.8. The predicted octanol–water partition coefficient (Wildman–Crippen LogP) is 1.94. The average molecular weight is 393 g/mol. The van der Waals surface area contributed by atoms with Crippen molar-refractivity contribution in [3.8, 4) is 0 Å². The van der Waals surface area contributed by atoms with Gasteiger partial charge in [-0.1, -0.05) is 56.3 Å². The number of benzene rings is 2. The molecule has 0 bridgehead atoms. The highest BCUT2D eigenvalue weighted by atomic mass is 32.2. The number of hydrogen-bond acceptors (Lipinski definition) is 4. The van der Waals surface area contributed by atoms with Gasteiger partial charge in [0.1, 0.15) is 16.8 Å². The van der Waals surface area contributed by atoms with Crippen molar-refractivity contribution in [1.29, 1.82) is 0 Å². The fourth-order valence-corrected chi connectivity index (χ4v) is 3.95. The van der Waals surface area contributed by atoms with Crippen LogP contribution in [0, 0.1) is 11.7 Å². The molecule has 0 heterocycles. The first kappa shape index (κ1) is 21.0. The quantitative estimate of drug-likeness (QED) is 0.638. The largest absolute Gasteiger partial charge is 0.353 e. The molecule has 0 saturated carbocycles. The fraction of sp³-hybridized carbons (Fsp3) is 0.316. The molecule has 2 aromatic rings. The van der Waals surface area contributed by atoms with Gasteiger partial charge in [0.15, 0.2) is 0 Å². The Kier molecular flexibility index (Phi) is 7.06. The molecule has 146 valence electrons. The van der Waals surface area contributed by atoms with Crippen molar-refractivity contribution >= 4 is 15.9 Å². The summed E-state index contributed by atoms with van der Waals surface area (Å²) in [6.07, 6.45) is 0. The SMILES string of the molecule is CC(C)C(NS(=O)(=O)c1ccccc1F)C(=O)NCC(N)c1ccccc1. The molecule has 1 amide bonds. The third-order valence-corrected chi connectivity index (χ3v) is 5.56. The molecular weight excluding hydrogens is 369 g/mol. The summed E-state index contributed by atoms with van der Waals surface area (Å²) in [5, 5.41) is 2.67. The van der Waals surface area contributed by atoms with Gasteiger partial charge in [-0.05, 0) is 23.6 Å². The van der Waals surface area contributed by atoms with Gasteiger partial charge >= 0.3 is 0 Å². The maximum absolute atomic E-state index is 13.8. The predicted molar refractivity (Wildman–Crippen MR) is 102 cm³/mol. The number of nitrogens with one attached hydrogen (secondary N) is 2. The second-order valence-corrected chi connectivity index (χ2v) is 8.22. The zero-order valence-electron chi connectivity index (χ0n) is 15.2. The second-order valence-electron chi connectivity index (χ2n) is 6.54. The van der Waals surface area contributed by atoms with Crippen molar-refractivity contribution in [2.75, 3.05) is 6.54 Å². The normalized spacial score (nSPS) is 14.0. The summed E-state index contributed by atoms with van der Waals surface area (Å²) < 4.78 is 41.1. The highest BCUT2D eigenvalue weighted by Gasteiger charge is 2.29. The topological polar surface area (TPSA) is 101 Å². The molecule has 0 fully saturated rings. The van der Waals surface area contributed by atoms with Crippen LogP contribution in [0.5, 0.6) is 0 Å². The fourth-order valence-electron chi connectivity index (χ4n) is 2.52. The van der Waals surface area contributed by atoms with Crippen LogP contribution in [0.2, 0.25) is 0 Å². The molecule has 6 nitrogen and oxygen atoms in total. The average Bonchev–Trinajstić information content (AvgIpc) is 2.64. The minimum atomic E-state index is -4.19. The zero-order chi connectivity index (χ0) is 20.0. The van der Waals surface area contributed by atoms with E-state index in [4.69, 9.17) is 5.73 Å². The highest BCUT2D eigenvalue weighted by Crippen LogP contribution is 2.16.